The lowest BCUT2D eigenvalue weighted by molar-refractivity contribution is -0.138. The van der Waals surface area contributed by atoms with E-state index in [9.17, 15) is 9.90 Å². The van der Waals surface area contributed by atoms with Crippen molar-refractivity contribution in [1.29, 1.82) is 0 Å². The van der Waals surface area contributed by atoms with Gasteiger partial charge in [0.25, 0.3) is 0 Å². The lowest BCUT2D eigenvalue weighted by atomic mass is 9.95. The lowest BCUT2D eigenvalue weighted by Gasteiger charge is -2.14. The van der Waals surface area contributed by atoms with Gasteiger partial charge in [0.05, 0.1) is 5.92 Å². The van der Waals surface area contributed by atoms with Crippen molar-refractivity contribution in [2.45, 2.75) is 32.6 Å². The molecule has 0 fully saturated rings. The molecule has 3 nitrogen and oxygen atoms in total. The summed E-state index contributed by atoms with van der Waals surface area (Å²) < 4.78 is 0. The minimum Gasteiger partial charge on any atom is -0.508 e. The largest absolute Gasteiger partial charge is 0.508 e. The third kappa shape index (κ3) is 2.47. The first-order chi connectivity index (χ1) is 7.34. The molecule has 16 heavy (non-hydrogen) atoms. The van der Waals surface area contributed by atoms with Crippen molar-refractivity contribution in [2.24, 2.45) is 0 Å². The Morgan fingerprint density at radius 1 is 1.25 bits per heavy atom. The zero-order valence-corrected chi connectivity index (χ0v) is 10.2. The third-order valence-electron chi connectivity index (χ3n) is 2.60. The van der Waals surface area contributed by atoms with Gasteiger partial charge in [0.15, 0.2) is 0 Å². The molecule has 0 aliphatic rings. The summed E-state index contributed by atoms with van der Waals surface area (Å²) in [7, 11) is 0. The van der Waals surface area contributed by atoms with Gasteiger partial charge in [-0.25, -0.2) is 0 Å². The maximum absolute atomic E-state index is 10.8. The molecule has 0 saturated carbocycles. The number of aromatic hydroxyl groups is 1. The fourth-order valence-corrected chi connectivity index (χ4v) is 1.91. The summed E-state index contributed by atoms with van der Waals surface area (Å²) in [6, 6.07) is 3.08. The van der Waals surface area contributed by atoms with Crippen LogP contribution in [0, 0.1) is 0 Å². The van der Waals surface area contributed by atoms with Crippen LogP contribution in [0.3, 0.4) is 0 Å². The molecule has 0 bridgehead atoms. The van der Waals surface area contributed by atoms with Gasteiger partial charge in [0.1, 0.15) is 5.75 Å². The molecule has 1 unspecified atom stereocenters. The van der Waals surface area contributed by atoms with Crippen molar-refractivity contribution in [3.8, 4) is 5.75 Å². The van der Waals surface area contributed by atoms with Crippen LogP contribution < -0.4 is 0 Å². The van der Waals surface area contributed by atoms with Gasteiger partial charge in [-0.2, -0.15) is 0 Å². The number of carboxylic acids is 1. The average molecular weight is 243 g/mol. The summed E-state index contributed by atoms with van der Waals surface area (Å²) >= 11 is 6.04. The molecule has 0 radical (unpaired) electrons. The van der Waals surface area contributed by atoms with Gasteiger partial charge in [-0.05, 0) is 30.5 Å². The molecule has 1 rings (SSSR count). The summed E-state index contributed by atoms with van der Waals surface area (Å²) in [6.45, 7) is 5.44. The molecule has 0 aliphatic carbocycles. The Bertz CT molecular complexity index is 413. The number of rotatable bonds is 3. The first-order valence-electron chi connectivity index (χ1n) is 5.09. The van der Waals surface area contributed by atoms with Crippen molar-refractivity contribution in [3.63, 3.8) is 0 Å². The molecule has 88 valence electrons. The number of phenols is 1. The van der Waals surface area contributed by atoms with Gasteiger partial charge in [-0.15, -0.1) is 0 Å². The predicted octanol–water partition coefficient (Wildman–Crippen LogP) is 3.36. The highest BCUT2D eigenvalue weighted by Crippen LogP contribution is 2.34. The second-order valence-corrected chi connectivity index (χ2v) is 4.55. The van der Waals surface area contributed by atoms with E-state index in [1.807, 2.05) is 13.8 Å². The molecule has 0 heterocycles. The topological polar surface area (TPSA) is 57.5 Å². The van der Waals surface area contributed by atoms with Crippen LogP contribution >= 0.6 is 11.6 Å². The van der Waals surface area contributed by atoms with Crippen LogP contribution in [0.5, 0.6) is 5.75 Å². The van der Waals surface area contributed by atoms with Gasteiger partial charge < -0.3 is 10.2 Å². The smallest absolute Gasteiger partial charge is 0.310 e. The Labute approximate surface area is 99.7 Å². The predicted molar refractivity (Wildman–Crippen MR) is 63.3 cm³/mol. The highest BCUT2D eigenvalue weighted by molar-refractivity contribution is 6.31. The van der Waals surface area contributed by atoms with E-state index in [2.05, 4.69) is 0 Å². The van der Waals surface area contributed by atoms with Crippen LogP contribution in [-0.2, 0) is 4.79 Å². The molecular formula is C12H15ClO3. The van der Waals surface area contributed by atoms with Crippen LogP contribution in [-0.4, -0.2) is 16.2 Å². The number of halogens is 1. The Balaban J connectivity index is 3.25. The molecule has 0 aliphatic heterocycles. The fraction of sp³-hybridized carbons (Fsp3) is 0.417. The van der Waals surface area contributed by atoms with Crippen molar-refractivity contribution >= 4 is 17.6 Å². The number of hydrogen-bond acceptors (Lipinski definition) is 2. The van der Waals surface area contributed by atoms with Crippen LogP contribution in [0.25, 0.3) is 0 Å². The summed E-state index contributed by atoms with van der Waals surface area (Å²) in [4.78, 5) is 10.8. The molecule has 2 N–H and O–H groups in total. The Morgan fingerprint density at radius 2 is 1.81 bits per heavy atom. The molecule has 0 saturated heterocycles. The van der Waals surface area contributed by atoms with Gasteiger partial charge in [0, 0.05) is 10.6 Å². The molecule has 4 heteroatoms. The second-order valence-electron chi connectivity index (χ2n) is 4.15. The van der Waals surface area contributed by atoms with E-state index in [0.717, 1.165) is 5.56 Å². The standard InChI is InChI=1S/C12H15ClO3/c1-6(2)8-5-11(14)9(4-10(8)13)7(3)12(15)16/h4-7,14H,1-3H3,(H,15,16). The molecule has 0 spiro atoms. The van der Waals surface area contributed by atoms with E-state index < -0.39 is 11.9 Å². The summed E-state index contributed by atoms with van der Waals surface area (Å²) in [5.74, 6) is -1.57. The molecule has 1 aromatic carbocycles. The number of hydrogen-bond donors (Lipinski definition) is 2. The molecule has 0 amide bonds. The Hall–Kier alpha value is -1.22. The maximum Gasteiger partial charge on any atom is 0.310 e. The van der Waals surface area contributed by atoms with E-state index in [1.54, 1.807) is 6.07 Å². The lowest BCUT2D eigenvalue weighted by Crippen LogP contribution is -2.08. The first-order valence-corrected chi connectivity index (χ1v) is 5.47. The maximum atomic E-state index is 10.8. The number of carbonyl (C=O) groups is 1. The minimum atomic E-state index is -0.983. The van der Waals surface area contributed by atoms with Crippen molar-refractivity contribution in [1.82, 2.24) is 0 Å². The van der Waals surface area contributed by atoms with Gasteiger partial charge in [0.2, 0.25) is 0 Å². The van der Waals surface area contributed by atoms with E-state index in [-0.39, 0.29) is 11.7 Å². The monoisotopic (exact) mass is 242 g/mol. The normalized spacial score (nSPS) is 12.8. The van der Waals surface area contributed by atoms with Crippen LogP contribution in [0.1, 0.15) is 43.7 Å². The van der Waals surface area contributed by atoms with E-state index in [0.29, 0.717) is 10.6 Å². The second kappa shape index (κ2) is 4.74. The van der Waals surface area contributed by atoms with E-state index >= 15 is 0 Å². The molecule has 1 atom stereocenters. The zero-order valence-electron chi connectivity index (χ0n) is 9.49. The fourth-order valence-electron chi connectivity index (χ4n) is 1.52. The van der Waals surface area contributed by atoms with Crippen molar-refractivity contribution in [3.05, 3.63) is 28.3 Å². The van der Waals surface area contributed by atoms with Crippen molar-refractivity contribution in [2.75, 3.05) is 0 Å². The zero-order chi connectivity index (χ0) is 12.5. The van der Waals surface area contributed by atoms with Crippen LogP contribution in [0.2, 0.25) is 5.02 Å². The summed E-state index contributed by atoms with van der Waals surface area (Å²) in [5, 5.41) is 19.1. The molecular weight excluding hydrogens is 228 g/mol. The van der Waals surface area contributed by atoms with Crippen LogP contribution in [0.15, 0.2) is 12.1 Å². The van der Waals surface area contributed by atoms with Crippen molar-refractivity contribution < 1.29 is 15.0 Å². The van der Waals surface area contributed by atoms with Gasteiger partial charge >= 0.3 is 5.97 Å². The number of benzene rings is 1. The minimum absolute atomic E-state index is 0.0111. The average Bonchev–Trinajstić information content (AvgIpc) is 2.19. The number of carboxylic acid groups (broad SMARTS) is 1. The highest BCUT2D eigenvalue weighted by atomic mass is 35.5. The van der Waals surface area contributed by atoms with E-state index in [4.69, 9.17) is 16.7 Å². The van der Waals surface area contributed by atoms with Crippen LogP contribution in [0.4, 0.5) is 0 Å². The van der Waals surface area contributed by atoms with Gasteiger partial charge in [-0.3, -0.25) is 4.79 Å². The summed E-state index contributed by atoms with van der Waals surface area (Å²) in [6.07, 6.45) is 0. The number of aliphatic carboxylic acids is 1. The molecule has 0 aromatic heterocycles. The summed E-state index contributed by atoms with van der Waals surface area (Å²) in [5.41, 5.74) is 1.17. The molecule has 1 aromatic rings. The van der Waals surface area contributed by atoms with E-state index in [1.165, 1.54) is 13.0 Å². The third-order valence-corrected chi connectivity index (χ3v) is 2.93. The SMILES string of the molecule is CC(C)c1cc(O)c(C(C)C(=O)O)cc1Cl. The quantitative estimate of drug-likeness (QED) is 0.855. The highest BCUT2D eigenvalue weighted by Gasteiger charge is 2.20. The Morgan fingerprint density at radius 3 is 2.25 bits per heavy atom. The first kappa shape index (κ1) is 12.8. The van der Waals surface area contributed by atoms with Gasteiger partial charge in [-0.1, -0.05) is 25.4 Å². The number of phenolic OH excluding ortho intramolecular Hbond substituents is 1. The Kier molecular flexibility index (Phi) is 3.81.